The second kappa shape index (κ2) is 5.14. The maximum absolute atomic E-state index is 5.42. The maximum atomic E-state index is 5.42. The van der Waals surface area contributed by atoms with Crippen LogP contribution >= 0.6 is 0 Å². The summed E-state index contributed by atoms with van der Waals surface area (Å²) < 4.78 is 16.0. The van der Waals surface area contributed by atoms with E-state index in [2.05, 4.69) is 10.3 Å². The van der Waals surface area contributed by atoms with E-state index in [4.69, 9.17) is 13.9 Å². The van der Waals surface area contributed by atoms with E-state index < -0.39 is 0 Å². The molecule has 2 rings (SSSR count). The topological polar surface area (TPSA) is 56.5 Å². The smallest absolute Gasteiger partial charge is 0.393 e. The predicted octanol–water partition coefficient (Wildman–Crippen LogP) is 0.952. The second-order valence-electron chi connectivity index (χ2n) is 3.58. The molecule has 5 heteroatoms. The minimum Gasteiger partial charge on any atom is -0.447 e. The van der Waals surface area contributed by atoms with Crippen LogP contribution in [0.1, 0.15) is 18.5 Å². The van der Waals surface area contributed by atoms with Gasteiger partial charge in [0.2, 0.25) is 0 Å². The quantitative estimate of drug-likeness (QED) is 0.787. The molecular formula is C10H16N2O3. The molecule has 0 amide bonds. The lowest BCUT2D eigenvalue weighted by Gasteiger charge is -2.07. The number of ether oxygens (including phenoxy) is 2. The first-order chi connectivity index (χ1) is 7.38. The van der Waals surface area contributed by atoms with Gasteiger partial charge < -0.3 is 19.2 Å². The zero-order valence-electron chi connectivity index (χ0n) is 8.86. The highest BCUT2D eigenvalue weighted by Crippen LogP contribution is 2.15. The van der Waals surface area contributed by atoms with Crippen molar-refractivity contribution in [2.45, 2.75) is 25.5 Å². The van der Waals surface area contributed by atoms with Gasteiger partial charge in [-0.3, -0.25) is 0 Å². The Morgan fingerprint density at radius 2 is 2.60 bits per heavy atom. The van der Waals surface area contributed by atoms with Crippen LogP contribution in [0.25, 0.3) is 0 Å². The molecule has 1 unspecified atom stereocenters. The van der Waals surface area contributed by atoms with E-state index in [0.29, 0.717) is 19.2 Å². The van der Waals surface area contributed by atoms with Crippen molar-refractivity contribution in [3.8, 4) is 6.08 Å². The van der Waals surface area contributed by atoms with Crippen LogP contribution in [0.3, 0.4) is 0 Å². The van der Waals surface area contributed by atoms with Crippen LogP contribution in [-0.2, 0) is 11.3 Å². The lowest BCUT2D eigenvalue weighted by molar-refractivity contribution is 0.0565. The first-order valence-corrected chi connectivity index (χ1v) is 5.22. The monoisotopic (exact) mass is 212 g/mol. The lowest BCUT2D eigenvalue weighted by atomic mass is 10.2. The molecule has 2 heterocycles. The summed E-state index contributed by atoms with van der Waals surface area (Å²) in [5.74, 6) is 0. The van der Waals surface area contributed by atoms with E-state index in [1.807, 2.05) is 7.05 Å². The van der Waals surface area contributed by atoms with Crippen molar-refractivity contribution in [1.82, 2.24) is 10.3 Å². The molecule has 0 aromatic carbocycles. The molecule has 1 aromatic rings. The molecule has 1 saturated heterocycles. The van der Waals surface area contributed by atoms with Gasteiger partial charge in [0.15, 0.2) is 0 Å². The first-order valence-electron chi connectivity index (χ1n) is 5.22. The molecule has 1 fully saturated rings. The molecule has 84 valence electrons. The highest BCUT2D eigenvalue weighted by Gasteiger charge is 2.17. The minimum atomic E-state index is 0.199. The van der Waals surface area contributed by atoms with Crippen molar-refractivity contribution in [2.24, 2.45) is 0 Å². The molecule has 0 aliphatic carbocycles. The fraction of sp³-hybridized carbons (Fsp3) is 0.700. The highest BCUT2D eigenvalue weighted by atomic mass is 16.6. The maximum Gasteiger partial charge on any atom is 0.393 e. The number of nitrogens with one attached hydrogen (secondary N) is 1. The highest BCUT2D eigenvalue weighted by molar-refractivity contribution is 4.99. The summed E-state index contributed by atoms with van der Waals surface area (Å²) in [6, 6.07) is 0. The Morgan fingerprint density at radius 3 is 3.33 bits per heavy atom. The van der Waals surface area contributed by atoms with Crippen LogP contribution in [-0.4, -0.2) is 31.3 Å². The average molecular weight is 212 g/mol. The Labute approximate surface area is 88.8 Å². The molecule has 5 nitrogen and oxygen atoms in total. The third-order valence-corrected chi connectivity index (χ3v) is 2.31. The molecule has 0 radical (unpaired) electrons. The Balaban J connectivity index is 1.77. The molecule has 1 aliphatic heterocycles. The Morgan fingerprint density at radius 1 is 1.67 bits per heavy atom. The number of nitrogens with zero attached hydrogens (tertiary/aromatic N) is 1. The zero-order chi connectivity index (χ0) is 10.5. The number of oxazole rings is 1. The van der Waals surface area contributed by atoms with E-state index in [1.54, 1.807) is 6.26 Å². The number of rotatable bonds is 5. The summed E-state index contributed by atoms with van der Waals surface area (Å²) in [5.41, 5.74) is 0.847. The van der Waals surface area contributed by atoms with Gasteiger partial charge in [-0.25, -0.2) is 0 Å². The standard InChI is InChI=1S/C10H16N2O3/c1-11-5-8-6-14-10(12-8)15-7-9-3-2-4-13-9/h6,9,11H,2-5,7H2,1H3. The van der Waals surface area contributed by atoms with Crippen molar-refractivity contribution in [3.05, 3.63) is 12.0 Å². The van der Waals surface area contributed by atoms with Crippen molar-refractivity contribution < 1.29 is 13.9 Å². The first kappa shape index (κ1) is 10.4. The Bertz CT molecular complexity index is 295. The van der Waals surface area contributed by atoms with Crippen LogP contribution in [0.15, 0.2) is 10.7 Å². The number of hydrogen-bond donors (Lipinski definition) is 1. The van der Waals surface area contributed by atoms with E-state index in [-0.39, 0.29) is 6.10 Å². The number of aromatic nitrogens is 1. The molecule has 15 heavy (non-hydrogen) atoms. The van der Waals surface area contributed by atoms with Gasteiger partial charge in [0.25, 0.3) is 0 Å². The van der Waals surface area contributed by atoms with Crippen molar-refractivity contribution in [2.75, 3.05) is 20.3 Å². The minimum absolute atomic E-state index is 0.199. The molecule has 1 atom stereocenters. The van der Waals surface area contributed by atoms with Gasteiger partial charge >= 0.3 is 6.08 Å². The van der Waals surface area contributed by atoms with E-state index in [1.165, 1.54) is 0 Å². The molecule has 1 N–H and O–H groups in total. The van der Waals surface area contributed by atoms with Gasteiger partial charge in [-0.1, -0.05) is 0 Å². The molecular weight excluding hydrogens is 196 g/mol. The molecule has 1 aliphatic rings. The van der Waals surface area contributed by atoms with Crippen LogP contribution in [0, 0.1) is 0 Å². The molecule has 1 aromatic heterocycles. The largest absolute Gasteiger partial charge is 0.447 e. The van der Waals surface area contributed by atoms with Crippen LogP contribution in [0.5, 0.6) is 6.08 Å². The summed E-state index contributed by atoms with van der Waals surface area (Å²) in [7, 11) is 1.86. The van der Waals surface area contributed by atoms with Crippen molar-refractivity contribution in [3.63, 3.8) is 0 Å². The van der Waals surface area contributed by atoms with Gasteiger partial charge in [-0.2, -0.15) is 4.98 Å². The van der Waals surface area contributed by atoms with E-state index in [0.717, 1.165) is 25.1 Å². The number of hydrogen-bond acceptors (Lipinski definition) is 5. The predicted molar refractivity (Wildman–Crippen MR) is 53.7 cm³/mol. The summed E-state index contributed by atoms with van der Waals surface area (Å²) in [6.45, 7) is 2.05. The molecule has 0 bridgehead atoms. The third kappa shape index (κ3) is 2.94. The van der Waals surface area contributed by atoms with E-state index in [9.17, 15) is 0 Å². The van der Waals surface area contributed by atoms with Gasteiger partial charge in [-0.05, 0) is 19.9 Å². The van der Waals surface area contributed by atoms with Crippen molar-refractivity contribution in [1.29, 1.82) is 0 Å². The SMILES string of the molecule is CNCc1coc(OCC2CCCO2)n1. The van der Waals surface area contributed by atoms with Gasteiger partial charge in [0, 0.05) is 13.2 Å². The average Bonchev–Trinajstić information content (AvgIpc) is 2.85. The van der Waals surface area contributed by atoms with Crippen molar-refractivity contribution >= 4 is 0 Å². The van der Waals surface area contributed by atoms with E-state index >= 15 is 0 Å². The summed E-state index contributed by atoms with van der Waals surface area (Å²) >= 11 is 0. The van der Waals surface area contributed by atoms with Crippen LogP contribution in [0.2, 0.25) is 0 Å². The zero-order valence-corrected chi connectivity index (χ0v) is 8.86. The fourth-order valence-corrected chi connectivity index (χ4v) is 1.56. The summed E-state index contributed by atoms with van der Waals surface area (Å²) in [6.07, 6.45) is 4.30. The Kier molecular flexibility index (Phi) is 3.58. The normalized spacial score (nSPS) is 20.7. The van der Waals surface area contributed by atoms with Crippen LogP contribution in [0.4, 0.5) is 0 Å². The fourth-order valence-electron chi connectivity index (χ4n) is 1.56. The van der Waals surface area contributed by atoms with Gasteiger partial charge in [0.1, 0.15) is 12.9 Å². The van der Waals surface area contributed by atoms with Gasteiger partial charge in [-0.15, -0.1) is 0 Å². The van der Waals surface area contributed by atoms with Gasteiger partial charge in [0.05, 0.1) is 11.8 Å². The Hall–Kier alpha value is -1.07. The summed E-state index contributed by atoms with van der Waals surface area (Å²) in [4.78, 5) is 4.15. The van der Waals surface area contributed by atoms with Crippen LogP contribution < -0.4 is 10.1 Å². The lowest BCUT2D eigenvalue weighted by Crippen LogP contribution is -2.16. The third-order valence-electron chi connectivity index (χ3n) is 2.31. The molecule has 0 saturated carbocycles. The molecule has 0 spiro atoms. The summed E-state index contributed by atoms with van der Waals surface area (Å²) in [5, 5.41) is 2.99. The second-order valence-corrected chi connectivity index (χ2v) is 3.58.